The van der Waals surface area contributed by atoms with Crippen LogP contribution < -0.4 is 0 Å². The molecule has 0 aromatic heterocycles. The number of carbonyl (C=O) groups excluding carboxylic acids is 1. The van der Waals surface area contributed by atoms with Gasteiger partial charge in [0.25, 0.3) is 0 Å². The van der Waals surface area contributed by atoms with Crippen LogP contribution in [0.3, 0.4) is 0 Å². The molecular weight excluding hydrogens is 167 g/mol. The zero-order valence-corrected chi connectivity index (χ0v) is 8.24. The zero-order chi connectivity index (χ0) is 9.68. The van der Waals surface area contributed by atoms with Crippen LogP contribution in [0.2, 0.25) is 0 Å². The largest absolute Gasteiger partial charge is 0.295 e. The molecule has 0 spiro atoms. The predicted molar refractivity (Wildman–Crippen MR) is 51.4 cm³/mol. The average molecular weight is 184 g/mol. The molecule has 0 N–H and O–H groups in total. The number of allylic oxidation sites excluding steroid dienone is 2. The van der Waals surface area contributed by atoms with Crippen LogP contribution in [-0.4, -0.2) is 12.5 Å². The fourth-order valence-corrected chi connectivity index (χ4v) is 1.77. The maximum absolute atomic E-state index is 11.8. The highest BCUT2D eigenvalue weighted by Crippen LogP contribution is 2.26. The van der Waals surface area contributed by atoms with Crippen molar-refractivity contribution < 1.29 is 9.18 Å². The molecule has 0 bridgehead atoms. The number of alkyl halides is 1. The molecule has 0 aliphatic heterocycles. The van der Waals surface area contributed by atoms with Gasteiger partial charge in [-0.3, -0.25) is 9.18 Å². The zero-order valence-electron chi connectivity index (χ0n) is 8.24. The molecule has 1 aliphatic rings. The van der Waals surface area contributed by atoms with Gasteiger partial charge < -0.3 is 0 Å². The Labute approximate surface area is 79.0 Å². The molecule has 0 aromatic carbocycles. The van der Waals surface area contributed by atoms with E-state index in [0.717, 1.165) is 31.3 Å². The Balaban J connectivity index is 2.27. The van der Waals surface area contributed by atoms with Crippen LogP contribution in [0, 0.1) is 0 Å². The molecule has 1 rings (SSSR count). The summed E-state index contributed by atoms with van der Waals surface area (Å²) in [6.07, 6.45) is 5.01. The molecule has 0 fully saturated rings. The molecule has 0 radical (unpaired) electrons. The van der Waals surface area contributed by atoms with Crippen LogP contribution in [0.15, 0.2) is 11.1 Å². The van der Waals surface area contributed by atoms with Crippen molar-refractivity contribution in [2.45, 2.75) is 45.4 Å². The summed E-state index contributed by atoms with van der Waals surface area (Å²) in [5, 5.41) is 0. The minimum absolute atomic E-state index is 0.230. The van der Waals surface area contributed by atoms with E-state index in [1.54, 1.807) is 0 Å². The molecule has 0 aromatic rings. The topological polar surface area (TPSA) is 17.1 Å². The second-order valence-corrected chi connectivity index (χ2v) is 3.68. The summed E-state index contributed by atoms with van der Waals surface area (Å²) in [7, 11) is 0. The van der Waals surface area contributed by atoms with E-state index in [1.165, 1.54) is 5.57 Å². The van der Waals surface area contributed by atoms with Crippen molar-refractivity contribution in [3.05, 3.63) is 11.1 Å². The van der Waals surface area contributed by atoms with E-state index in [1.807, 2.05) is 6.92 Å². The molecule has 0 heterocycles. The summed E-state index contributed by atoms with van der Waals surface area (Å²) in [4.78, 5) is 11.3. The quantitative estimate of drug-likeness (QED) is 0.600. The van der Waals surface area contributed by atoms with Crippen molar-refractivity contribution in [1.29, 1.82) is 0 Å². The number of halogens is 1. The summed E-state index contributed by atoms with van der Waals surface area (Å²) in [6.45, 7) is 1.81. The third-order valence-electron chi connectivity index (χ3n) is 2.64. The average Bonchev–Trinajstić information content (AvgIpc) is 2.42. The van der Waals surface area contributed by atoms with Gasteiger partial charge in [-0.15, -0.1) is 0 Å². The molecule has 0 saturated heterocycles. The Morgan fingerprint density at radius 2 is 2.00 bits per heavy atom. The molecule has 2 heteroatoms. The standard InChI is InChI=1S/C11H17FO/c1-9-6-7-11(13)10(9)5-3-2-4-8-12/h2-8H2,1H3. The van der Waals surface area contributed by atoms with Crippen LogP contribution in [0.1, 0.15) is 45.4 Å². The summed E-state index contributed by atoms with van der Waals surface area (Å²) in [5.74, 6) is 0.317. The predicted octanol–water partition coefficient (Wildman–Crippen LogP) is 3.20. The Hall–Kier alpha value is -0.660. The number of rotatable bonds is 5. The highest BCUT2D eigenvalue weighted by molar-refractivity contribution is 5.98. The molecule has 0 atom stereocenters. The van der Waals surface area contributed by atoms with Crippen molar-refractivity contribution in [1.82, 2.24) is 0 Å². The Kier molecular flexibility index (Phi) is 4.13. The van der Waals surface area contributed by atoms with Gasteiger partial charge in [0.15, 0.2) is 5.78 Å². The van der Waals surface area contributed by atoms with Gasteiger partial charge in [-0.2, -0.15) is 0 Å². The molecule has 1 aliphatic carbocycles. The van der Waals surface area contributed by atoms with Crippen LogP contribution >= 0.6 is 0 Å². The number of ketones is 1. The molecule has 0 amide bonds. The van der Waals surface area contributed by atoms with Crippen molar-refractivity contribution in [3.63, 3.8) is 0 Å². The van der Waals surface area contributed by atoms with E-state index in [0.29, 0.717) is 18.6 Å². The molecule has 1 nitrogen and oxygen atoms in total. The minimum Gasteiger partial charge on any atom is -0.295 e. The van der Waals surface area contributed by atoms with Crippen molar-refractivity contribution in [3.8, 4) is 0 Å². The molecule has 13 heavy (non-hydrogen) atoms. The fourth-order valence-electron chi connectivity index (χ4n) is 1.77. The highest BCUT2D eigenvalue weighted by atomic mass is 19.1. The normalized spacial score (nSPS) is 17.2. The van der Waals surface area contributed by atoms with E-state index in [2.05, 4.69) is 0 Å². The molecule has 0 unspecified atom stereocenters. The second-order valence-electron chi connectivity index (χ2n) is 3.68. The van der Waals surface area contributed by atoms with Gasteiger partial charge in [-0.1, -0.05) is 12.0 Å². The van der Waals surface area contributed by atoms with Crippen LogP contribution in [-0.2, 0) is 4.79 Å². The van der Waals surface area contributed by atoms with E-state index in [4.69, 9.17) is 0 Å². The molecule has 74 valence electrons. The third-order valence-corrected chi connectivity index (χ3v) is 2.64. The van der Waals surface area contributed by atoms with E-state index in [9.17, 15) is 9.18 Å². The van der Waals surface area contributed by atoms with Gasteiger partial charge in [-0.05, 0) is 38.2 Å². The number of unbranched alkanes of at least 4 members (excludes halogenated alkanes) is 2. The summed E-state index contributed by atoms with van der Waals surface area (Å²) < 4.78 is 11.8. The fraction of sp³-hybridized carbons (Fsp3) is 0.727. The number of hydrogen-bond donors (Lipinski definition) is 0. The lowest BCUT2D eigenvalue weighted by atomic mass is 10.0. The Morgan fingerprint density at radius 3 is 2.54 bits per heavy atom. The number of carbonyl (C=O) groups is 1. The summed E-state index contributed by atoms with van der Waals surface area (Å²) >= 11 is 0. The number of Topliss-reactive ketones (excluding diaryl/α,β-unsaturated/α-hetero) is 1. The lowest BCUT2D eigenvalue weighted by molar-refractivity contribution is -0.115. The van der Waals surface area contributed by atoms with Gasteiger partial charge >= 0.3 is 0 Å². The van der Waals surface area contributed by atoms with Crippen LogP contribution in [0.25, 0.3) is 0 Å². The first-order valence-corrected chi connectivity index (χ1v) is 5.03. The lowest BCUT2D eigenvalue weighted by Crippen LogP contribution is -1.96. The van der Waals surface area contributed by atoms with Crippen LogP contribution in [0.5, 0.6) is 0 Å². The minimum atomic E-state index is -0.230. The third kappa shape index (κ3) is 2.94. The maximum atomic E-state index is 11.8. The van der Waals surface area contributed by atoms with Gasteiger partial charge in [0.1, 0.15) is 0 Å². The summed E-state index contributed by atoms with van der Waals surface area (Å²) in [5.41, 5.74) is 2.28. The van der Waals surface area contributed by atoms with Crippen LogP contribution in [0.4, 0.5) is 4.39 Å². The van der Waals surface area contributed by atoms with E-state index in [-0.39, 0.29) is 6.67 Å². The van der Waals surface area contributed by atoms with Crippen molar-refractivity contribution in [2.24, 2.45) is 0 Å². The van der Waals surface area contributed by atoms with Gasteiger partial charge in [0.05, 0.1) is 6.67 Å². The lowest BCUT2D eigenvalue weighted by Gasteiger charge is -2.01. The monoisotopic (exact) mass is 184 g/mol. The van der Waals surface area contributed by atoms with E-state index < -0.39 is 0 Å². The first-order valence-electron chi connectivity index (χ1n) is 5.03. The molecular formula is C11H17FO. The Bertz CT molecular complexity index is 218. The van der Waals surface area contributed by atoms with Crippen molar-refractivity contribution in [2.75, 3.05) is 6.67 Å². The Morgan fingerprint density at radius 1 is 1.23 bits per heavy atom. The molecule has 0 saturated carbocycles. The SMILES string of the molecule is CC1=C(CCCCCF)C(=O)CC1. The second kappa shape index (κ2) is 5.15. The maximum Gasteiger partial charge on any atom is 0.159 e. The van der Waals surface area contributed by atoms with E-state index >= 15 is 0 Å². The van der Waals surface area contributed by atoms with Gasteiger partial charge in [0, 0.05) is 6.42 Å². The van der Waals surface area contributed by atoms with Gasteiger partial charge in [0.2, 0.25) is 0 Å². The number of hydrogen-bond acceptors (Lipinski definition) is 1. The van der Waals surface area contributed by atoms with Crippen molar-refractivity contribution >= 4 is 5.78 Å². The highest BCUT2D eigenvalue weighted by Gasteiger charge is 2.18. The first-order chi connectivity index (χ1) is 6.25. The summed E-state index contributed by atoms with van der Waals surface area (Å²) in [6, 6.07) is 0. The first kappa shape index (κ1) is 10.4. The van der Waals surface area contributed by atoms with Gasteiger partial charge in [-0.25, -0.2) is 0 Å². The smallest absolute Gasteiger partial charge is 0.159 e.